The van der Waals surface area contributed by atoms with E-state index in [4.69, 9.17) is 27.6 Å². The topological polar surface area (TPSA) is 135 Å². The number of rotatable bonds is 10. The Hall–Kier alpha value is -2.26. The Morgan fingerprint density at radius 3 is 2.48 bits per heavy atom. The first-order valence-corrected chi connectivity index (χ1v) is 15.2. The summed E-state index contributed by atoms with van der Waals surface area (Å²) < 4.78 is 71.5. The summed E-state index contributed by atoms with van der Waals surface area (Å²) in [4.78, 5) is 16.1. The Labute approximate surface area is 242 Å². The summed E-state index contributed by atoms with van der Waals surface area (Å²) in [6.45, 7) is 3.75. The second kappa shape index (κ2) is 11.2. The number of carbonyl (C=O) groups is 1. The molecule has 1 aromatic carbocycles. The van der Waals surface area contributed by atoms with Crippen LogP contribution in [0.4, 0.5) is 13.2 Å². The number of carboxylic acid groups (broad SMARTS) is 1. The van der Waals surface area contributed by atoms with Crippen LogP contribution in [0.15, 0.2) is 21.4 Å². The average Bonchev–Trinajstić information content (AvgIpc) is 3.43. The Morgan fingerprint density at radius 1 is 1.23 bits per heavy atom. The number of nitrogens with one attached hydrogen (secondary N) is 1. The average molecular weight is 642 g/mol. The van der Waals surface area contributed by atoms with Crippen molar-refractivity contribution >= 4 is 50.5 Å². The van der Waals surface area contributed by atoms with Crippen LogP contribution >= 0.6 is 34.5 Å². The normalized spacial score (nSPS) is 15.7. The van der Waals surface area contributed by atoms with Crippen LogP contribution in [0.5, 0.6) is 0 Å². The van der Waals surface area contributed by atoms with Gasteiger partial charge in [0, 0.05) is 12.0 Å². The van der Waals surface area contributed by atoms with Crippen molar-refractivity contribution in [3.05, 3.63) is 33.8 Å². The molecule has 2 aromatic heterocycles. The summed E-state index contributed by atoms with van der Waals surface area (Å²) in [6.07, 6.45) is -1.09. The zero-order chi connectivity index (χ0) is 29.6. The van der Waals surface area contributed by atoms with Gasteiger partial charge in [-0.2, -0.15) is 17.9 Å². The summed E-state index contributed by atoms with van der Waals surface area (Å²) in [5.41, 5.74) is -0.140. The smallest absolute Gasteiger partial charge is 0.404 e. The maximum Gasteiger partial charge on any atom is 0.404 e. The molecule has 9 nitrogen and oxygen atoms in total. The highest BCUT2D eigenvalue weighted by Gasteiger charge is 2.39. The fraction of sp³-hybridized carbons (Fsp3) is 0.500. The van der Waals surface area contributed by atoms with E-state index in [-0.39, 0.29) is 23.2 Å². The minimum Gasteiger partial charge on any atom is -0.481 e. The number of hydrogen-bond donors (Lipinski definition) is 2. The molecular formula is C24H25Cl2F3N4O5S2. The quantitative estimate of drug-likeness (QED) is 0.260. The van der Waals surface area contributed by atoms with E-state index < -0.39 is 43.5 Å². The predicted molar refractivity (Wildman–Crippen MR) is 143 cm³/mol. The van der Waals surface area contributed by atoms with Gasteiger partial charge in [0.05, 0.1) is 26.0 Å². The van der Waals surface area contributed by atoms with Crippen LogP contribution < -0.4 is 4.72 Å². The van der Waals surface area contributed by atoms with E-state index in [0.29, 0.717) is 40.4 Å². The molecule has 0 unspecified atom stereocenters. The van der Waals surface area contributed by atoms with Crippen molar-refractivity contribution < 1.29 is 35.9 Å². The third kappa shape index (κ3) is 6.46. The molecule has 1 aliphatic carbocycles. The van der Waals surface area contributed by atoms with Gasteiger partial charge in [0.2, 0.25) is 15.9 Å². The van der Waals surface area contributed by atoms with E-state index in [1.54, 1.807) is 4.72 Å². The van der Waals surface area contributed by atoms with Gasteiger partial charge in [0.25, 0.3) is 5.89 Å². The molecule has 0 aliphatic heterocycles. The van der Waals surface area contributed by atoms with Crippen LogP contribution in [-0.4, -0.2) is 46.9 Å². The second-order valence-corrected chi connectivity index (χ2v) is 13.7. The molecule has 16 heteroatoms. The summed E-state index contributed by atoms with van der Waals surface area (Å²) in [5.74, 6) is -0.443. The molecule has 2 heterocycles. The summed E-state index contributed by atoms with van der Waals surface area (Å²) >= 11 is 14.0. The van der Waals surface area contributed by atoms with Crippen LogP contribution in [-0.2, 0) is 27.7 Å². The van der Waals surface area contributed by atoms with Gasteiger partial charge in [-0.1, -0.05) is 48.5 Å². The molecule has 218 valence electrons. The van der Waals surface area contributed by atoms with Crippen molar-refractivity contribution in [1.82, 2.24) is 19.9 Å². The maximum absolute atomic E-state index is 13.0. The lowest BCUT2D eigenvalue weighted by atomic mass is 9.82. The van der Waals surface area contributed by atoms with Crippen molar-refractivity contribution in [3.8, 4) is 21.3 Å². The highest BCUT2D eigenvalue weighted by atomic mass is 35.5. The zero-order valence-corrected chi connectivity index (χ0v) is 24.6. The zero-order valence-electron chi connectivity index (χ0n) is 21.5. The molecule has 4 rings (SSSR count). The van der Waals surface area contributed by atoms with Crippen LogP contribution in [0.2, 0.25) is 10.0 Å². The van der Waals surface area contributed by atoms with Crippen molar-refractivity contribution in [1.29, 1.82) is 0 Å². The number of halogens is 5. The van der Waals surface area contributed by atoms with Gasteiger partial charge in [0.1, 0.15) is 10.9 Å². The van der Waals surface area contributed by atoms with Gasteiger partial charge in [-0.05, 0) is 39.2 Å². The summed E-state index contributed by atoms with van der Waals surface area (Å²) in [5, 5.41) is 17.1. The van der Waals surface area contributed by atoms with Gasteiger partial charge >= 0.3 is 12.1 Å². The predicted octanol–water partition coefficient (Wildman–Crippen LogP) is 6.39. The third-order valence-electron chi connectivity index (χ3n) is 6.63. The van der Waals surface area contributed by atoms with Gasteiger partial charge in [0.15, 0.2) is 5.01 Å². The van der Waals surface area contributed by atoms with E-state index in [9.17, 15) is 31.5 Å². The number of nitrogens with zero attached hydrogens (tertiary/aromatic N) is 3. The number of aromatic nitrogens is 3. The van der Waals surface area contributed by atoms with Gasteiger partial charge in [-0.3, -0.25) is 4.79 Å². The highest BCUT2D eigenvalue weighted by Crippen LogP contribution is 2.45. The first kappa shape index (κ1) is 30.7. The van der Waals surface area contributed by atoms with Crippen LogP contribution in [0.1, 0.15) is 51.6 Å². The SMILES string of the molecule is C[C@H](NS(=O)(=O)c1ccc(-c2sc(-c3nnc(CC(C)(C)C(=O)O)o3)nc2CC2CCC2)c(Cl)c1Cl)C(F)(F)F. The highest BCUT2D eigenvalue weighted by molar-refractivity contribution is 7.89. The number of benzene rings is 1. The molecule has 1 fully saturated rings. The number of carboxylic acids is 1. The number of aliphatic carboxylic acids is 1. The molecule has 1 atom stereocenters. The van der Waals surface area contributed by atoms with Gasteiger partial charge < -0.3 is 9.52 Å². The molecule has 0 saturated heterocycles. The molecule has 0 bridgehead atoms. The molecule has 1 saturated carbocycles. The minimum atomic E-state index is -4.79. The van der Waals surface area contributed by atoms with E-state index in [2.05, 4.69) is 15.2 Å². The molecule has 3 aromatic rings. The van der Waals surface area contributed by atoms with E-state index >= 15 is 0 Å². The number of thiazole rings is 1. The fourth-order valence-corrected chi connectivity index (χ4v) is 7.10. The van der Waals surface area contributed by atoms with Crippen molar-refractivity contribution in [2.45, 2.75) is 70.0 Å². The monoisotopic (exact) mass is 640 g/mol. The Balaban J connectivity index is 1.71. The molecule has 0 radical (unpaired) electrons. The standard InChI is InChI=1S/C24H25Cl2F3N4O5S2/c1-11(24(27,28)29)33-40(36,37)15-8-7-13(17(25)18(15)26)19-14(9-12-5-4-6-12)30-21(39-19)20-32-31-16(38-20)10-23(2,3)22(34)35/h7-8,11-12,33H,4-6,9-10H2,1-3H3,(H,34,35)/t11-/m0/s1. The van der Waals surface area contributed by atoms with E-state index in [1.165, 1.54) is 19.9 Å². The summed E-state index contributed by atoms with van der Waals surface area (Å²) in [7, 11) is -4.65. The molecular weight excluding hydrogens is 616 g/mol. The first-order chi connectivity index (χ1) is 18.5. The lowest BCUT2D eigenvalue weighted by Crippen LogP contribution is -2.43. The Bertz CT molecular complexity index is 1540. The largest absolute Gasteiger partial charge is 0.481 e. The number of sulfonamides is 1. The molecule has 2 N–H and O–H groups in total. The van der Waals surface area contributed by atoms with Crippen molar-refractivity contribution in [2.24, 2.45) is 11.3 Å². The molecule has 0 spiro atoms. The lowest BCUT2D eigenvalue weighted by Gasteiger charge is -2.24. The van der Waals surface area contributed by atoms with Crippen molar-refractivity contribution in [2.75, 3.05) is 0 Å². The van der Waals surface area contributed by atoms with Gasteiger partial charge in [-0.15, -0.1) is 21.5 Å². The Kier molecular flexibility index (Phi) is 8.59. The number of alkyl halides is 3. The van der Waals surface area contributed by atoms with E-state index in [0.717, 1.165) is 36.7 Å². The molecule has 0 amide bonds. The van der Waals surface area contributed by atoms with Crippen LogP contribution in [0.3, 0.4) is 0 Å². The number of hydrogen-bond acceptors (Lipinski definition) is 8. The molecule has 40 heavy (non-hydrogen) atoms. The van der Waals surface area contributed by atoms with Crippen LogP contribution in [0.25, 0.3) is 21.3 Å². The third-order valence-corrected chi connectivity index (χ3v) is 10.3. The van der Waals surface area contributed by atoms with Crippen LogP contribution in [0, 0.1) is 11.3 Å². The first-order valence-electron chi connectivity index (χ1n) is 12.1. The van der Waals surface area contributed by atoms with Gasteiger partial charge in [-0.25, -0.2) is 13.4 Å². The summed E-state index contributed by atoms with van der Waals surface area (Å²) in [6, 6.07) is 0.128. The maximum atomic E-state index is 13.0. The minimum absolute atomic E-state index is 0.000854. The lowest BCUT2D eigenvalue weighted by molar-refractivity contribution is -0.147. The fourth-order valence-electron chi connectivity index (χ4n) is 3.91. The van der Waals surface area contributed by atoms with E-state index in [1.807, 2.05) is 0 Å². The second-order valence-electron chi connectivity index (χ2n) is 10.3. The molecule has 1 aliphatic rings. The van der Waals surface area contributed by atoms with Crippen molar-refractivity contribution in [3.63, 3.8) is 0 Å². The Morgan fingerprint density at radius 2 is 1.90 bits per heavy atom.